The molecule has 0 amide bonds. The number of hydrogen-bond donors (Lipinski definition) is 0. The van der Waals surface area contributed by atoms with Crippen LogP contribution in [0.5, 0.6) is 0 Å². The largest absolute Gasteiger partial charge is 0.117 e. The lowest BCUT2D eigenvalue weighted by molar-refractivity contribution is 0.585. The maximum absolute atomic E-state index is 6.71. The third kappa shape index (κ3) is 1.85. The van der Waals surface area contributed by atoms with Gasteiger partial charge in [0.25, 0.3) is 0 Å². The van der Waals surface area contributed by atoms with E-state index in [0.29, 0.717) is 5.92 Å². The first-order valence-corrected chi connectivity index (χ1v) is 6.89. The highest BCUT2D eigenvalue weighted by molar-refractivity contribution is 6.21. The van der Waals surface area contributed by atoms with Crippen LogP contribution < -0.4 is 0 Å². The van der Waals surface area contributed by atoms with Crippen LogP contribution in [-0.2, 0) is 6.42 Å². The Morgan fingerprint density at radius 2 is 1.89 bits per heavy atom. The number of aryl methyl sites for hydroxylation is 2. The second kappa shape index (κ2) is 4.44. The zero-order valence-electron chi connectivity index (χ0n) is 10.8. The van der Waals surface area contributed by atoms with Crippen molar-refractivity contribution in [3.63, 3.8) is 0 Å². The number of fused-ring (bicyclic) bond motifs is 1. The van der Waals surface area contributed by atoms with Gasteiger partial charge in [0.05, 0.1) is 5.38 Å². The van der Waals surface area contributed by atoms with Crippen LogP contribution in [0.4, 0.5) is 0 Å². The third-order valence-corrected chi connectivity index (χ3v) is 4.52. The second-order valence-corrected chi connectivity index (χ2v) is 5.74. The van der Waals surface area contributed by atoms with Crippen LogP contribution in [0.3, 0.4) is 0 Å². The highest BCUT2D eigenvalue weighted by Crippen LogP contribution is 2.47. The Kier molecular flexibility index (Phi) is 2.91. The summed E-state index contributed by atoms with van der Waals surface area (Å²) in [7, 11) is 0. The molecule has 0 radical (unpaired) electrons. The van der Waals surface area contributed by atoms with E-state index in [2.05, 4.69) is 56.3 Å². The van der Waals surface area contributed by atoms with E-state index < -0.39 is 0 Å². The molecule has 2 aromatic rings. The molecule has 0 aliphatic heterocycles. The minimum Gasteiger partial charge on any atom is -0.117 e. The summed E-state index contributed by atoms with van der Waals surface area (Å²) in [5, 5.41) is 0.0970. The molecule has 0 bridgehead atoms. The third-order valence-electron chi connectivity index (χ3n) is 3.98. The number of hydrogen-bond acceptors (Lipinski definition) is 0. The molecule has 1 aliphatic carbocycles. The standard InChI is InChI=1S/C17H17Cl/c1-11-7-8-12(2)15(9-11)17(18)16-10-13-5-3-4-6-14(13)16/h3-9,16-17H,10H2,1-2H3. The van der Waals surface area contributed by atoms with Crippen molar-refractivity contribution < 1.29 is 0 Å². The van der Waals surface area contributed by atoms with Gasteiger partial charge in [-0.15, -0.1) is 11.6 Å². The number of alkyl halides is 1. The monoisotopic (exact) mass is 256 g/mol. The molecule has 18 heavy (non-hydrogen) atoms. The van der Waals surface area contributed by atoms with Crippen molar-refractivity contribution in [1.29, 1.82) is 0 Å². The molecule has 2 atom stereocenters. The van der Waals surface area contributed by atoms with Gasteiger partial charge in [0, 0.05) is 5.92 Å². The predicted octanol–water partition coefficient (Wildman–Crippen LogP) is 4.92. The lowest BCUT2D eigenvalue weighted by atomic mass is 9.73. The van der Waals surface area contributed by atoms with Gasteiger partial charge in [-0.3, -0.25) is 0 Å². The van der Waals surface area contributed by atoms with Crippen LogP contribution in [0.15, 0.2) is 42.5 Å². The molecule has 2 unspecified atom stereocenters. The van der Waals surface area contributed by atoms with Crippen molar-refractivity contribution >= 4 is 11.6 Å². The number of halogens is 1. The molecule has 0 nitrogen and oxygen atoms in total. The average molecular weight is 257 g/mol. The van der Waals surface area contributed by atoms with Crippen LogP contribution in [0.2, 0.25) is 0 Å². The van der Waals surface area contributed by atoms with Crippen molar-refractivity contribution in [2.45, 2.75) is 31.6 Å². The fraction of sp³-hybridized carbons (Fsp3) is 0.294. The van der Waals surface area contributed by atoms with E-state index in [0.717, 1.165) is 6.42 Å². The van der Waals surface area contributed by atoms with Crippen molar-refractivity contribution in [3.05, 3.63) is 70.3 Å². The lowest BCUT2D eigenvalue weighted by Crippen LogP contribution is -2.21. The first-order chi connectivity index (χ1) is 8.66. The van der Waals surface area contributed by atoms with Crippen LogP contribution in [0, 0.1) is 13.8 Å². The molecular weight excluding hydrogens is 240 g/mol. The fourth-order valence-corrected chi connectivity index (χ4v) is 3.29. The summed E-state index contributed by atoms with van der Waals surface area (Å²) in [6, 6.07) is 15.2. The molecule has 92 valence electrons. The highest BCUT2D eigenvalue weighted by atomic mass is 35.5. The van der Waals surface area contributed by atoms with E-state index in [1.807, 2.05) is 0 Å². The molecule has 1 heteroatoms. The van der Waals surface area contributed by atoms with Gasteiger partial charge in [-0.05, 0) is 42.5 Å². The van der Waals surface area contributed by atoms with Gasteiger partial charge in [0.2, 0.25) is 0 Å². The maximum atomic E-state index is 6.71. The van der Waals surface area contributed by atoms with E-state index in [-0.39, 0.29) is 5.38 Å². The molecule has 0 aromatic heterocycles. The molecule has 0 fully saturated rings. The van der Waals surface area contributed by atoms with Gasteiger partial charge < -0.3 is 0 Å². The molecule has 2 aromatic carbocycles. The molecule has 0 saturated carbocycles. The first-order valence-electron chi connectivity index (χ1n) is 6.46. The number of rotatable bonds is 2. The van der Waals surface area contributed by atoms with Crippen molar-refractivity contribution in [2.24, 2.45) is 0 Å². The van der Waals surface area contributed by atoms with Gasteiger partial charge in [-0.25, -0.2) is 0 Å². The zero-order valence-corrected chi connectivity index (χ0v) is 11.5. The van der Waals surface area contributed by atoms with E-state index in [1.54, 1.807) is 0 Å². The summed E-state index contributed by atoms with van der Waals surface area (Å²) in [4.78, 5) is 0. The smallest absolute Gasteiger partial charge is 0.0659 e. The normalized spacial score (nSPS) is 18.9. The lowest BCUT2D eigenvalue weighted by Gasteiger charge is -2.34. The Morgan fingerprint density at radius 3 is 2.67 bits per heavy atom. The fourth-order valence-electron chi connectivity index (χ4n) is 2.83. The van der Waals surface area contributed by atoms with Gasteiger partial charge in [0.1, 0.15) is 0 Å². The Morgan fingerprint density at radius 1 is 1.11 bits per heavy atom. The molecule has 1 aliphatic rings. The van der Waals surface area contributed by atoms with Crippen LogP contribution in [-0.4, -0.2) is 0 Å². The summed E-state index contributed by atoms with van der Waals surface area (Å²) < 4.78 is 0. The van der Waals surface area contributed by atoms with Crippen LogP contribution >= 0.6 is 11.6 Å². The molecule has 0 N–H and O–H groups in total. The molecular formula is C17H17Cl. The van der Waals surface area contributed by atoms with E-state index >= 15 is 0 Å². The van der Waals surface area contributed by atoms with Gasteiger partial charge in [0.15, 0.2) is 0 Å². The molecule has 0 saturated heterocycles. The van der Waals surface area contributed by atoms with Gasteiger partial charge >= 0.3 is 0 Å². The minimum atomic E-state index is 0.0970. The Hall–Kier alpha value is -1.27. The molecule has 0 spiro atoms. The summed E-state index contributed by atoms with van der Waals surface area (Å²) in [6.07, 6.45) is 1.11. The predicted molar refractivity (Wildman–Crippen MR) is 77.4 cm³/mol. The number of benzene rings is 2. The zero-order chi connectivity index (χ0) is 12.7. The Labute approximate surface area is 114 Å². The van der Waals surface area contributed by atoms with Crippen molar-refractivity contribution in [3.8, 4) is 0 Å². The summed E-state index contributed by atoms with van der Waals surface area (Å²) in [5.41, 5.74) is 6.76. The second-order valence-electron chi connectivity index (χ2n) is 5.27. The Bertz CT molecular complexity index is 586. The van der Waals surface area contributed by atoms with Crippen LogP contribution in [0.25, 0.3) is 0 Å². The topological polar surface area (TPSA) is 0 Å². The van der Waals surface area contributed by atoms with Crippen molar-refractivity contribution in [2.75, 3.05) is 0 Å². The first kappa shape index (κ1) is 11.8. The van der Waals surface area contributed by atoms with Gasteiger partial charge in [-0.1, -0.05) is 48.0 Å². The van der Waals surface area contributed by atoms with E-state index in [9.17, 15) is 0 Å². The van der Waals surface area contributed by atoms with Gasteiger partial charge in [-0.2, -0.15) is 0 Å². The van der Waals surface area contributed by atoms with Crippen molar-refractivity contribution in [1.82, 2.24) is 0 Å². The summed E-state index contributed by atoms with van der Waals surface area (Å²) in [5.74, 6) is 0.475. The van der Waals surface area contributed by atoms with E-state index in [4.69, 9.17) is 11.6 Å². The minimum absolute atomic E-state index is 0.0970. The quantitative estimate of drug-likeness (QED) is 0.669. The molecule has 3 rings (SSSR count). The summed E-state index contributed by atoms with van der Waals surface area (Å²) >= 11 is 6.71. The van der Waals surface area contributed by atoms with Crippen LogP contribution in [0.1, 0.15) is 39.1 Å². The SMILES string of the molecule is Cc1ccc(C)c(C(Cl)C2Cc3ccccc32)c1. The molecule has 0 heterocycles. The maximum Gasteiger partial charge on any atom is 0.0659 e. The van der Waals surface area contributed by atoms with E-state index in [1.165, 1.54) is 27.8 Å². The average Bonchev–Trinajstić information content (AvgIpc) is 2.33. The summed E-state index contributed by atoms with van der Waals surface area (Å²) in [6.45, 7) is 4.27. The highest BCUT2D eigenvalue weighted by Gasteiger charge is 2.32. The Balaban J connectivity index is 1.93.